The number of methoxy groups -OCH3 is 4. The summed E-state index contributed by atoms with van der Waals surface area (Å²) in [5.74, 6) is 3.15. The molecule has 0 radical (unpaired) electrons. The maximum Gasteiger partial charge on any atom is 0.118 e. The third-order valence-corrected chi connectivity index (χ3v) is 10.3. The van der Waals surface area contributed by atoms with Gasteiger partial charge >= 0.3 is 0 Å². The fourth-order valence-electron chi connectivity index (χ4n) is 8.29. The molecular formula is C44H36O5. The van der Waals surface area contributed by atoms with Crippen molar-refractivity contribution in [3.63, 3.8) is 0 Å². The standard InChI is InChI=1S/C44H36O5/c1-45-35-19-11-31(12-20-35)43(32-13-21-36(46-2)22-14-32)39-9-5-7-29-27-49-28-30-8-6-10-40(42(30)41(29)39)44(43,33-15-23-37(47-3)24-16-33)34-17-25-38(48-4)26-18-34/h5-28H,1-4H3. The van der Waals surface area contributed by atoms with Crippen LogP contribution in [0.25, 0.3) is 12.5 Å². The summed E-state index contributed by atoms with van der Waals surface area (Å²) >= 11 is 0. The van der Waals surface area contributed by atoms with E-state index in [1.54, 1.807) is 28.4 Å². The Morgan fingerprint density at radius 1 is 0.367 bits per heavy atom. The summed E-state index contributed by atoms with van der Waals surface area (Å²) in [7, 11) is 6.81. The van der Waals surface area contributed by atoms with Gasteiger partial charge in [-0.05, 0) is 92.3 Å². The first-order valence-electron chi connectivity index (χ1n) is 16.3. The monoisotopic (exact) mass is 644 g/mol. The van der Waals surface area contributed by atoms with E-state index in [9.17, 15) is 0 Å². The third kappa shape index (κ3) is 4.32. The minimum Gasteiger partial charge on any atom is -0.497 e. The molecule has 6 aromatic rings. The van der Waals surface area contributed by atoms with Gasteiger partial charge < -0.3 is 23.7 Å². The van der Waals surface area contributed by atoms with Crippen LogP contribution < -0.4 is 29.4 Å². The topological polar surface area (TPSA) is 46.2 Å². The van der Waals surface area contributed by atoms with Crippen molar-refractivity contribution in [3.8, 4) is 23.0 Å². The maximum absolute atomic E-state index is 6.15. The van der Waals surface area contributed by atoms with E-state index in [2.05, 4.69) is 133 Å². The average Bonchev–Trinajstić information content (AvgIpc) is 3.37. The van der Waals surface area contributed by atoms with Crippen molar-refractivity contribution >= 4 is 12.5 Å². The molecule has 2 aliphatic rings. The molecule has 0 bridgehead atoms. The van der Waals surface area contributed by atoms with Crippen LogP contribution in [0.1, 0.15) is 33.4 Å². The van der Waals surface area contributed by atoms with Crippen LogP contribution in [-0.4, -0.2) is 28.4 Å². The molecule has 0 amide bonds. The summed E-state index contributed by atoms with van der Waals surface area (Å²) in [5, 5.41) is 4.33. The van der Waals surface area contributed by atoms with Crippen molar-refractivity contribution in [2.45, 2.75) is 10.8 Å². The highest BCUT2D eigenvalue weighted by Gasteiger charge is 2.60. The van der Waals surface area contributed by atoms with Crippen LogP contribution in [0.4, 0.5) is 0 Å². The Bertz CT molecular complexity index is 2110. The van der Waals surface area contributed by atoms with Crippen molar-refractivity contribution in [3.05, 3.63) is 188 Å². The predicted molar refractivity (Wildman–Crippen MR) is 192 cm³/mol. The van der Waals surface area contributed by atoms with Crippen molar-refractivity contribution in [2.75, 3.05) is 28.4 Å². The van der Waals surface area contributed by atoms with Gasteiger partial charge in [-0.25, -0.2) is 0 Å². The highest BCUT2D eigenvalue weighted by Crippen LogP contribution is 2.62. The molecule has 0 N–H and O–H groups in total. The SMILES string of the molecule is COc1ccc(C2(c3ccc(OC)cc3)c3cccc4c3=c3c(cccc3=COC=4)C2(c2ccc(OC)cc2)c2ccc(OC)cc2)cc1. The maximum atomic E-state index is 6.15. The summed E-state index contributed by atoms with van der Waals surface area (Å²) in [6.45, 7) is 0. The second-order valence-electron chi connectivity index (χ2n) is 12.3. The van der Waals surface area contributed by atoms with E-state index in [1.165, 1.54) is 0 Å². The molecule has 1 aliphatic carbocycles. The number of ether oxygens (including phenoxy) is 5. The van der Waals surface area contributed by atoms with Crippen LogP contribution in [0.15, 0.2) is 133 Å². The van der Waals surface area contributed by atoms with E-state index in [0.717, 1.165) is 77.3 Å². The van der Waals surface area contributed by atoms with Gasteiger partial charge in [0.05, 0.1) is 51.8 Å². The van der Waals surface area contributed by atoms with E-state index in [1.807, 2.05) is 12.5 Å². The van der Waals surface area contributed by atoms with Crippen LogP contribution in [0.5, 0.6) is 23.0 Å². The van der Waals surface area contributed by atoms with Gasteiger partial charge in [-0.15, -0.1) is 0 Å². The Morgan fingerprint density at radius 2 is 0.653 bits per heavy atom. The molecule has 1 aliphatic heterocycles. The van der Waals surface area contributed by atoms with E-state index in [0.29, 0.717) is 0 Å². The Kier molecular flexibility index (Phi) is 7.41. The Hall–Kier alpha value is -5.94. The highest BCUT2D eigenvalue weighted by molar-refractivity contribution is 5.71. The second kappa shape index (κ2) is 11.9. The smallest absolute Gasteiger partial charge is 0.118 e. The molecule has 5 nitrogen and oxygen atoms in total. The minimum absolute atomic E-state index is 0.787. The molecular weight excluding hydrogens is 608 g/mol. The number of hydrogen-bond donors (Lipinski definition) is 0. The number of rotatable bonds is 8. The van der Waals surface area contributed by atoms with E-state index < -0.39 is 10.8 Å². The molecule has 0 saturated heterocycles. The lowest BCUT2D eigenvalue weighted by atomic mass is 9.45. The fourth-order valence-corrected chi connectivity index (χ4v) is 8.29. The molecule has 0 fully saturated rings. The zero-order valence-electron chi connectivity index (χ0n) is 27.9. The van der Waals surface area contributed by atoms with Crippen LogP contribution in [0.3, 0.4) is 0 Å². The normalized spacial score (nSPS) is 14.5. The van der Waals surface area contributed by atoms with E-state index in [4.69, 9.17) is 23.7 Å². The molecule has 8 rings (SSSR count). The van der Waals surface area contributed by atoms with Gasteiger partial charge in [-0.2, -0.15) is 0 Å². The van der Waals surface area contributed by atoms with Crippen molar-refractivity contribution in [2.24, 2.45) is 0 Å². The number of hydrogen-bond acceptors (Lipinski definition) is 5. The fraction of sp³-hybridized carbons (Fsp3) is 0.136. The van der Waals surface area contributed by atoms with Crippen LogP contribution in [0, 0.1) is 10.4 Å². The lowest BCUT2D eigenvalue weighted by molar-refractivity contribution is 0.394. The quantitative estimate of drug-likeness (QED) is 0.176. The molecule has 0 unspecified atom stereocenters. The lowest BCUT2D eigenvalue weighted by Gasteiger charge is -2.55. The van der Waals surface area contributed by atoms with Gasteiger partial charge in [-0.3, -0.25) is 0 Å². The van der Waals surface area contributed by atoms with Crippen molar-refractivity contribution < 1.29 is 23.7 Å². The minimum atomic E-state index is -0.843. The zero-order valence-corrected chi connectivity index (χ0v) is 27.9. The first kappa shape index (κ1) is 30.4. The molecule has 0 spiro atoms. The summed E-state index contributed by atoms with van der Waals surface area (Å²) in [6, 6.07) is 47.3. The largest absolute Gasteiger partial charge is 0.497 e. The molecule has 242 valence electrons. The Balaban J connectivity index is 1.72. The second-order valence-corrected chi connectivity index (χ2v) is 12.3. The van der Waals surface area contributed by atoms with Gasteiger partial charge in [0, 0.05) is 10.4 Å². The number of benzene rings is 6. The predicted octanol–water partition coefficient (Wildman–Crippen LogP) is 7.20. The van der Waals surface area contributed by atoms with E-state index >= 15 is 0 Å². The Morgan fingerprint density at radius 3 is 0.918 bits per heavy atom. The van der Waals surface area contributed by atoms with Gasteiger partial charge in [0.1, 0.15) is 23.0 Å². The summed E-state index contributed by atoms with van der Waals surface area (Å²) in [5.41, 5.74) is 5.03. The van der Waals surface area contributed by atoms with Gasteiger partial charge in [0.25, 0.3) is 0 Å². The molecule has 0 atom stereocenters. The van der Waals surface area contributed by atoms with Crippen molar-refractivity contribution in [1.29, 1.82) is 0 Å². The molecule has 5 heteroatoms. The first-order chi connectivity index (χ1) is 24.1. The third-order valence-electron chi connectivity index (χ3n) is 10.3. The van der Waals surface area contributed by atoms with Gasteiger partial charge in [0.15, 0.2) is 0 Å². The van der Waals surface area contributed by atoms with Gasteiger partial charge in [-0.1, -0.05) is 84.9 Å². The molecule has 1 heterocycles. The van der Waals surface area contributed by atoms with Gasteiger partial charge in [0.2, 0.25) is 0 Å². The molecule has 6 aromatic carbocycles. The zero-order chi connectivity index (χ0) is 33.6. The van der Waals surface area contributed by atoms with Crippen molar-refractivity contribution in [1.82, 2.24) is 0 Å². The molecule has 0 saturated carbocycles. The van der Waals surface area contributed by atoms with Crippen LogP contribution >= 0.6 is 0 Å². The highest BCUT2D eigenvalue weighted by atomic mass is 16.5. The van der Waals surface area contributed by atoms with Crippen LogP contribution in [0.2, 0.25) is 0 Å². The average molecular weight is 645 g/mol. The molecule has 0 aromatic heterocycles. The van der Waals surface area contributed by atoms with E-state index in [-0.39, 0.29) is 0 Å². The lowest BCUT2D eigenvalue weighted by Crippen LogP contribution is -2.55. The summed E-state index contributed by atoms with van der Waals surface area (Å²) in [6.07, 6.45) is 3.73. The summed E-state index contributed by atoms with van der Waals surface area (Å²) < 4.78 is 29.0. The molecule has 49 heavy (non-hydrogen) atoms. The van der Waals surface area contributed by atoms with Crippen LogP contribution in [-0.2, 0) is 15.6 Å². The first-order valence-corrected chi connectivity index (χ1v) is 16.3. The summed E-state index contributed by atoms with van der Waals surface area (Å²) in [4.78, 5) is 0. The Labute approximate surface area is 285 Å².